The van der Waals surface area contributed by atoms with Crippen LogP contribution in [-0.2, 0) is 19.1 Å². The first-order valence-corrected chi connectivity index (χ1v) is 25.0. The highest BCUT2D eigenvalue weighted by molar-refractivity contribution is 7.99. The first-order valence-electron chi connectivity index (χ1n) is 22.7. The second kappa shape index (κ2) is 33.9. The Hall–Kier alpha value is -0.400. The van der Waals surface area contributed by atoms with Crippen molar-refractivity contribution in [1.29, 1.82) is 0 Å². The fraction of sp³-hybridized carbons (Fsp3) is 0.956. The molecule has 0 aromatic carbocycles. The highest BCUT2D eigenvalue weighted by atomic mass is 32.2. The normalized spacial score (nSPS) is 17.5. The summed E-state index contributed by atoms with van der Waals surface area (Å²) < 4.78 is 12.0. The number of aliphatic hydroxyl groups is 1. The summed E-state index contributed by atoms with van der Waals surface area (Å²) in [5.74, 6) is 5.58. The molecule has 0 amide bonds. The SMILES string of the molecule is CCCCCCC(CSCCCCCC(O)CCCCCSCC(CCCCCC)OC(=O)CCC1CCCCC1)OC(=O)CCC1CCCCC1. The predicted molar refractivity (Wildman–Crippen MR) is 226 cm³/mol. The van der Waals surface area contributed by atoms with Gasteiger partial charge < -0.3 is 14.6 Å². The monoisotopic (exact) mass is 769 g/mol. The second-order valence-electron chi connectivity index (χ2n) is 16.5. The molecule has 0 saturated heterocycles. The summed E-state index contributed by atoms with van der Waals surface area (Å²) >= 11 is 3.89. The molecular weight excluding hydrogens is 685 g/mol. The van der Waals surface area contributed by atoms with E-state index in [1.54, 1.807) is 0 Å². The summed E-state index contributed by atoms with van der Waals surface area (Å²) in [6, 6.07) is 0. The molecule has 0 aliphatic heterocycles. The van der Waals surface area contributed by atoms with Crippen LogP contribution in [-0.4, -0.2) is 58.4 Å². The summed E-state index contributed by atoms with van der Waals surface area (Å²) in [5.41, 5.74) is 0. The molecule has 2 rings (SSSR count). The number of unbranched alkanes of at least 4 members (excludes halogenated alkanes) is 10. The van der Waals surface area contributed by atoms with E-state index < -0.39 is 0 Å². The van der Waals surface area contributed by atoms with E-state index in [1.165, 1.54) is 116 Å². The number of thioether (sulfide) groups is 2. The summed E-state index contributed by atoms with van der Waals surface area (Å²) in [4.78, 5) is 25.3. The maximum atomic E-state index is 12.7. The Balaban J connectivity index is 1.49. The lowest BCUT2D eigenvalue weighted by atomic mass is 9.86. The average Bonchev–Trinajstić information content (AvgIpc) is 3.16. The van der Waals surface area contributed by atoms with Crippen LogP contribution < -0.4 is 0 Å². The van der Waals surface area contributed by atoms with Crippen molar-refractivity contribution in [1.82, 2.24) is 0 Å². The molecule has 2 atom stereocenters. The van der Waals surface area contributed by atoms with Gasteiger partial charge >= 0.3 is 11.9 Å². The molecule has 0 aromatic heterocycles. The molecule has 0 heterocycles. The van der Waals surface area contributed by atoms with Crippen molar-refractivity contribution in [2.45, 2.75) is 238 Å². The van der Waals surface area contributed by atoms with Crippen LogP contribution in [0.2, 0.25) is 0 Å². The molecule has 2 fully saturated rings. The largest absolute Gasteiger partial charge is 0.461 e. The van der Waals surface area contributed by atoms with Gasteiger partial charge in [-0.25, -0.2) is 0 Å². The van der Waals surface area contributed by atoms with Crippen molar-refractivity contribution in [2.75, 3.05) is 23.0 Å². The molecule has 2 unspecified atom stereocenters. The van der Waals surface area contributed by atoms with Crippen molar-refractivity contribution < 1.29 is 24.2 Å². The molecule has 2 aliphatic carbocycles. The summed E-state index contributed by atoms with van der Waals surface area (Å²) in [7, 11) is 0. The summed E-state index contributed by atoms with van der Waals surface area (Å²) in [6.45, 7) is 4.48. The van der Waals surface area contributed by atoms with Gasteiger partial charge in [0.1, 0.15) is 12.2 Å². The molecule has 0 aromatic rings. The van der Waals surface area contributed by atoms with Gasteiger partial charge in [-0.15, -0.1) is 0 Å². The average molecular weight is 769 g/mol. The highest BCUT2D eigenvalue weighted by Gasteiger charge is 2.20. The molecule has 1 N–H and O–H groups in total. The van der Waals surface area contributed by atoms with E-state index in [0.717, 1.165) is 112 Å². The van der Waals surface area contributed by atoms with E-state index in [4.69, 9.17) is 9.47 Å². The van der Waals surface area contributed by atoms with Gasteiger partial charge in [0.05, 0.1) is 6.10 Å². The van der Waals surface area contributed by atoms with Gasteiger partial charge in [-0.2, -0.15) is 23.5 Å². The summed E-state index contributed by atoms with van der Waals surface area (Å²) in [6.07, 6.45) is 36.8. The Morgan fingerprint density at radius 2 is 0.923 bits per heavy atom. The van der Waals surface area contributed by atoms with E-state index in [1.807, 2.05) is 23.5 Å². The Morgan fingerprint density at radius 1 is 0.538 bits per heavy atom. The van der Waals surface area contributed by atoms with Gasteiger partial charge in [-0.05, 0) is 87.5 Å². The lowest BCUT2D eigenvalue weighted by Gasteiger charge is -2.22. The highest BCUT2D eigenvalue weighted by Crippen LogP contribution is 2.29. The Kier molecular flexibility index (Phi) is 31.1. The zero-order valence-corrected chi connectivity index (χ0v) is 35.9. The molecular formula is C45H84O5S2. The minimum Gasteiger partial charge on any atom is -0.461 e. The van der Waals surface area contributed by atoms with Crippen molar-refractivity contribution in [3.05, 3.63) is 0 Å². The first kappa shape index (κ1) is 47.8. The third kappa shape index (κ3) is 27.2. The standard InChI is InChI=1S/C45H84O5S2/c1-3-5-7-19-29-42(49-44(47)33-31-39-23-13-9-14-24-39)37-51-35-21-11-17-27-41(46)28-18-12-22-36-52-38-43(30-20-8-6-4-2)50-45(48)34-32-40-25-15-10-16-26-40/h39-43,46H,3-38H2,1-2H3. The number of rotatable bonds is 34. The van der Waals surface area contributed by atoms with Crippen molar-refractivity contribution >= 4 is 35.5 Å². The van der Waals surface area contributed by atoms with Gasteiger partial charge in [0, 0.05) is 24.3 Å². The lowest BCUT2D eigenvalue weighted by Crippen LogP contribution is -2.22. The Labute approximate surface area is 330 Å². The van der Waals surface area contributed by atoms with E-state index in [-0.39, 0.29) is 30.3 Å². The van der Waals surface area contributed by atoms with Crippen LogP contribution in [0.15, 0.2) is 0 Å². The predicted octanol–water partition coefficient (Wildman–Crippen LogP) is 13.4. The van der Waals surface area contributed by atoms with Crippen molar-refractivity contribution in [2.24, 2.45) is 11.8 Å². The minimum absolute atomic E-state index is 0.0268. The Morgan fingerprint density at radius 3 is 1.33 bits per heavy atom. The van der Waals surface area contributed by atoms with E-state index in [2.05, 4.69) is 13.8 Å². The summed E-state index contributed by atoms with van der Waals surface area (Å²) in [5, 5.41) is 10.6. The second-order valence-corrected chi connectivity index (χ2v) is 18.8. The number of aliphatic hydroxyl groups excluding tert-OH is 1. The van der Waals surface area contributed by atoms with Gasteiger partial charge in [0.25, 0.3) is 0 Å². The quantitative estimate of drug-likeness (QED) is 0.0516. The topological polar surface area (TPSA) is 72.8 Å². The van der Waals surface area contributed by atoms with Gasteiger partial charge in [-0.3, -0.25) is 9.59 Å². The van der Waals surface area contributed by atoms with Crippen LogP contribution >= 0.6 is 23.5 Å². The number of ether oxygens (including phenoxy) is 2. The van der Waals surface area contributed by atoms with Crippen LogP contribution in [0.4, 0.5) is 0 Å². The zero-order valence-electron chi connectivity index (χ0n) is 34.2. The Bertz CT molecular complexity index is 763. The third-order valence-corrected chi connectivity index (χ3v) is 13.9. The van der Waals surface area contributed by atoms with Crippen LogP contribution in [0.25, 0.3) is 0 Å². The molecule has 0 bridgehead atoms. The van der Waals surface area contributed by atoms with Crippen molar-refractivity contribution in [3.8, 4) is 0 Å². The molecule has 52 heavy (non-hydrogen) atoms. The lowest BCUT2D eigenvalue weighted by molar-refractivity contribution is -0.149. The molecule has 0 spiro atoms. The number of esters is 2. The van der Waals surface area contributed by atoms with Crippen molar-refractivity contribution in [3.63, 3.8) is 0 Å². The third-order valence-electron chi connectivity index (χ3n) is 11.6. The van der Waals surface area contributed by atoms with Crippen LogP contribution in [0.3, 0.4) is 0 Å². The molecule has 2 saturated carbocycles. The molecule has 306 valence electrons. The molecule has 0 radical (unpaired) electrons. The smallest absolute Gasteiger partial charge is 0.306 e. The van der Waals surface area contributed by atoms with Crippen LogP contribution in [0, 0.1) is 11.8 Å². The maximum Gasteiger partial charge on any atom is 0.306 e. The van der Waals surface area contributed by atoms with E-state index >= 15 is 0 Å². The fourth-order valence-electron chi connectivity index (χ4n) is 8.13. The first-order chi connectivity index (χ1) is 25.5. The number of carbonyl (C=O) groups excluding carboxylic acids is 2. The van der Waals surface area contributed by atoms with Crippen LogP contribution in [0.1, 0.15) is 219 Å². The zero-order chi connectivity index (χ0) is 37.3. The number of hydrogen-bond acceptors (Lipinski definition) is 7. The molecule has 7 heteroatoms. The van der Waals surface area contributed by atoms with Gasteiger partial charge in [0.2, 0.25) is 0 Å². The van der Waals surface area contributed by atoms with E-state index in [9.17, 15) is 14.7 Å². The molecule has 2 aliphatic rings. The maximum absolute atomic E-state index is 12.7. The van der Waals surface area contributed by atoms with Crippen LogP contribution in [0.5, 0.6) is 0 Å². The van der Waals surface area contributed by atoms with Gasteiger partial charge in [0.15, 0.2) is 0 Å². The van der Waals surface area contributed by atoms with E-state index in [0.29, 0.717) is 12.8 Å². The minimum atomic E-state index is -0.179. The number of hydrogen-bond donors (Lipinski definition) is 1. The fourth-order valence-corrected chi connectivity index (χ4v) is 10.3. The van der Waals surface area contributed by atoms with Gasteiger partial charge in [-0.1, -0.05) is 142 Å². The number of carbonyl (C=O) groups is 2. The molecule has 5 nitrogen and oxygen atoms in total.